The number of ether oxygens (including phenoxy) is 2. The van der Waals surface area contributed by atoms with E-state index in [1.165, 1.54) is 0 Å². The summed E-state index contributed by atoms with van der Waals surface area (Å²) in [6.45, 7) is 4.39. The fourth-order valence-corrected chi connectivity index (χ4v) is 2.92. The minimum atomic E-state index is -0.201. The van der Waals surface area contributed by atoms with E-state index in [2.05, 4.69) is 20.5 Å². The van der Waals surface area contributed by atoms with Crippen molar-refractivity contribution in [1.29, 1.82) is 0 Å². The van der Waals surface area contributed by atoms with Crippen LogP contribution >= 0.6 is 0 Å². The molecule has 31 heavy (non-hydrogen) atoms. The Morgan fingerprint density at radius 1 is 0.968 bits per heavy atom. The topological polar surface area (TPSA) is 91.2 Å². The van der Waals surface area contributed by atoms with Gasteiger partial charge >= 0.3 is 0 Å². The summed E-state index contributed by atoms with van der Waals surface area (Å²) in [6.07, 6.45) is 3.53. The highest BCUT2D eigenvalue weighted by Gasteiger charge is 2.08. The third-order valence-electron chi connectivity index (χ3n) is 4.46. The number of nitrogens with zero attached hydrogens (tertiary/aromatic N) is 4. The molecule has 1 amide bonds. The predicted octanol–water partition coefficient (Wildman–Crippen LogP) is 4.41. The Kier molecular flexibility index (Phi) is 5.89. The van der Waals surface area contributed by atoms with E-state index in [1.807, 2.05) is 30.7 Å². The SMILES string of the molecule is CCOc1ccc(C(=O)Nc2ccc(Oc3ccc(-n4ccnc4C)nn3)cc2)cc1. The molecule has 0 fully saturated rings. The summed E-state index contributed by atoms with van der Waals surface area (Å²) < 4.78 is 13.0. The van der Waals surface area contributed by atoms with Crippen molar-refractivity contribution in [2.75, 3.05) is 11.9 Å². The monoisotopic (exact) mass is 415 g/mol. The van der Waals surface area contributed by atoms with E-state index in [0.29, 0.717) is 35.3 Å². The lowest BCUT2D eigenvalue weighted by Gasteiger charge is -2.09. The highest BCUT2D eigenvalue weighted by Crippen LogP contribution is 2.22. The van der Waals surface area contributed by atoms with Gasteiger partial charge in [0, 0.05) is 29.7 Å². The van der Waals surface area contributed by atoms with Gasteiger partial charge in [-0.1, -0.05) is 0 Å². The van der Waals surface area contributed by atoms with Crippen molar-refractivity contribution in [2.45, 2.75) is 13.8 Å². The number of hydrogen-bond donors (Lipinski definition) is 1. The Morgan fingerprint density at radius 2 is 1.71 bits per heavy atom. The Labute approximate surface area is 179 Å². The molecule has 156 valence electrons. The summed E-state index contributed by atoms with van der Waals surface area (Å²) in [5.74, 6) is 2.97. The summed E-state index contributed by atoms with van der Waals surface area (Å²) in [6, 6.07) is 17.6. The number of carbonyl (C=O) groups excluding carboxylic acids is 1. The molecule has 4 rings (SSSR count). The molecule has 0 unspecified atom stereocenters. The van der Waals surface area contributed by atoms with Gasteiger partial charge in [-0.25, -0.2) is 4.98 Å². The van der Waals surface area contributed by atoms with Crippen LogP contribution in [0.5, 0.6) is 17.4 Å². The van der Waals surface area contributed by atoms with Gasteiger partial charge in [-0.3, -0.25) is 9.36 Å². The van der Waals surface area contributed by atoms with Crippen molar-refractivity contribution in [3.05, 3.63) is 84.4 Å². The van der Waals surface area contributed by atoms with Crippen molar-refractivity contribution >= 4 is 11.6 Å². The molecular formula is C23H21N5O3. The van der Waals surface area contributed by atoms with Crippen LogP contribution in [0.15, 0.2) is 73.1 Å². The lowest BCUT2D eigenvalue weighted by Crippen LogP contribution is -2.11. The van der Waals surface area contributed by atoms with Crippen molar-refractivity contribution in [3.63, 3.8) is 0 Å². The largest absolute Gasteiger partial charge is 0.494 e. The van der Waals surface area contributed by atoms with E-state index in [0.717, 1.165) is 11.6 Å². The van der Waals surface area contributed by atoms with Gasteiger partial charge in [0.2, 0.25) is 5.88 Å². The van der Waals surface area contributed by atoms with Crippen LogP contribution in [0, 0.1) is 6.92 Å². The zero-order valence-corrected chi connectivity index (χ0v) is 17.1. The second-order valence-electron chi connectivity index (χ2n) is 6.61. The number of aryl methyl sites for hydroxylation is 1. The van der Waals surface area contributed by atoms with Crippen LogP contribution < -0.4 is 14.8 Å². The summed E-state index contributed by atoms with van der Waals surface area (Å²) in [5, 5.41) is 11.1. The molecule has 1 N–H and O–H groups in total. The second-order valence-corrected chi connectivity index (χ2v) is 6.61. The first-order valence-corrected chi connectivity index (χ1v) is 9.78. The highest BCUT2D eigenvalue weighted by molar-refractivity contribution is 6.04. The smallest absolute Gasteiger partial charge is 0.255 e. The van der Waals surface area contributed by atoms with E-state index >= 15 is 0 Å². The van der Waals surface area contributed by atoms with E-state index in [4.69, 9.17) is 9.47 Å². The maximum absolute atomic E-state index is 12.4. The standard InChI is InChI=1S/C23H21N5O3/c1-3-30-19-8-4-17(5-9-19)23(29)25-18-6-10-20(11-7-18)31-22-13-12-21(26-27-22)28-15-14-24-16(28)2/h4-15H,3H2,1-2H3,(H,25,29). The fourth-order valence-electron chi connectivity index (χ4n) is 2.92. The molecule has 4 aromatic rings. The fraction of sp³-hybridized carbons (Fsp3) is 0.130. The van der Waals surface area contributed by atoms with Gasteiger partial charge in [0.25, 0.3) is 5.91 Å². The van der Waals surface area contributed by atoms with Crippen LogP contribution in [-0.4, -0.2) is 32.3 Å². The number of amides is 1. The molecule has 0 aliphatic heterocycles. The van der Waals surface area contributed by atoms with Crippen molar-refractivity contribution in [1.82, 2.24) is 19.7 Å². The minimum Gasteiger partial charge on any atom is -0.494 e. The molecule has 0 saturated heterocycles. The molecule has 2 heterocycles. The molecule has 0 atom stereocenters. The number of aromatic nitrogens is 4. The zero-order valence-electron chi connectivity index (χ0n) is 17.1. The number of rotatable bonds is 7. The van der Waals surface area contributed by atoms with Gasteiger partial charge in [0.1, 0.15) is 17.3 Å². The third-order valence-corrected chi connectivity index (χ3v) is 4.46. The van der Waals surface area contributed by atoms with Crippen LogP contribution in [0.1, 0.15) is 23.1 Å². The van der Waals surface area contributed by atoms with Gasteiger partial charge in [-0.2, -0.15) is 0 Å². The lowest BCUT2D eigenvalue weighted by molar-refractivity contribution is 0.102. The van der Waals surface area contributed by atoms with Crippen LogP contribution in [0.25, 0.3) is 5.82 Å². The number of carbonyl (C=O) groups is 1. The Balaban J connectivity index is 1.37. The van der Waals surface area contributed by atoms with Crippen LogP contribution in [-0.2, 0) is 0 Å². The first kappa shape index (κ1) is 20.1. The zero-order chi connectivity index (χ0) is 21.6. The molecule has 0 bridgehead atoms. The number of nitrogens with one attached hydrogen (secondary N) is 1. The molecule has 2 aromatic heterocycles. The first-order valence-electron chi connectivity index (χ1n) is 9.78. The summed E-state index contributed by atoms with van der Waals surface area (Å²) in [5.41, 5.74) is 1.20. The quantitative estimate of drug-likeness (QED) is 0.481. The van der Waals surface area contributed by atoms with Gasteiger partial charge in [-0.05, 0) is 68.4 Å². The molecular weight excluding hydrogens is 394 g/mol. The third kappa shape index (κ3) is 4.87. The molecule has 0 aliphatic carbocycles. The van der Waals surface area contributed by atoms with Crippen molar-refractivity contribution in [3.8, 4) is 23.2 Å². The average Bonchev–Trinajstić information content (AvgIpc) is 3.22. The molecule has 0 radical (unpaired) electrons. The normalized spacial score (nSPS) is 10.5. The number of hydrogen-bond acceptors (Lipinski definition) is 6. The lowest BCUT2D eigenvalue weighted by atomic mass is 10.2. The van der Waals surface area contributed by atoms with Crippen molar-refractivity contribution in [2.24, 2.45) is 0 Å². The predicted molar refractivity (Wildman–Crippen MR) is 116 cm³/mol. The maximum Gasteiger partial charge on any atom is 0.255 e. The van der Waals surface area contributed by atoms with E-state index in [9.17, 15) is 4.79 Å². The van der Waals surface area contributed by atoms with Gasteiger partial charge < -0.3 is 14.8 Å². The minimum absolute atomic E-state index is 0.201. The van der Waals surface area contributed by atoms with Crippen LogP contribution in [0.3, 0.4) is 0 Å². The molecule has 8 heteroatoms. The van der Waals surface area contributed by atoms with Gasteiger partial charge in [-0.15, -0.1) is 10.2 Å². The second kappa shape index (κ2) is 9.08. The number of anilines is 1. The van der Waals surface area contributed by atoms with Crippen molar-refractivity contribution < 1.29 is 14.3 Å². The summed E-state index contributed by atoms with van der Waals surface area (Å²) in [4.78, 5) is 16.6. The molecule has 8 nitrogen and oxygen atoms in total. The van der Waals surface area contributed by atoms with Crippen LogP contribution in [0.4, 0.5) is 5.69 Å². The van der Waals surface area contributed by atoms with E-state index in [1.54, 1.807) is 60.8 Å². The Hall–Kier alpha value is -4.20. The highest BCUT2D eigenvalue weighted by atomic mass is 16.5. The Bertz CT molecular complexity index is 1150. The Morgan fingerprint density at radius 3 is 2.32 bits per heavy atom. The summed E-state index contributed by atoms with van der Waals surface area (Å²) >= 11 is 0. The average molecular weight is 415 g/mol. The molecule has 0 saturated carbocycles. The van der Waals surface area contributed by atoms with Gasteiger partial charge in [0.15, 0.2) is 5.82 Å². The number of imidazole rings is 1. The molecule has 0 aliphatic rings. The molecule has 2 aromatic carbocycles. The van der Waals surface area contributed by atoms with E-state index in [-0.39, 0.29) is 5.91 Å². The first-order chi connectivity index (χ1) is 15.1. The maximum atomic E-state index is 12.4. The van der Waals surface area contributed by atoms with E-state index < -0.39 is 0 Å². The van der Waals surface area contributed by atoms with Crippen LogP contribution in [0.2, 0.25) is 0 Å². The molecule has 0 spiro atoms. The van der Waals surface area contributed by atoms with Gasteiger partial charge in [0.05, 0.1) is 6.61 Å². The number of benzene rings is 2. The summed E-state index contributed by atoms with van der Waals surface area (Å²) in [7, 11) is 0.